The van der Waals surface area contributed by atoms with Crippen LogP contribution in [-0.2, 0) is 19.4 Å². The number of thiazole rings is 1. The Labute approximate surface area is 136 Å². The van der Waals surface area contributed by atoms with Gasteiger partial charge in [-0.2, -0.15) is 0 Å². The number of aromatic nitrogens is 1. The van der Waals surface area contributed by atoms with Gasteiger partial charge in [-0.1, -0.05) is 29.8 Å². The van der Waals surface area contributed by atoms with E-state index in [-0.39, 0.29) is 5.13 Å². The number of carboxylic acids is 1. The Balaban J connectivity index is 2.03. The van der Waals surface area contributed by atoms with Crippen LogP contribution in [0.2, 0.25) is 0 Å². The van der Waals surface area contributed by atoms with Crippen molar-refractivity contribution in [3.05, 3.63) is 35.2 Å². The van der Waals surface area contributed by atoms with Crippen LogP contribution in [0.4, 0.5) is 5.13 Å². The third-order valence-electron chi connectivity index (χ3n) is 2.79. The molecule has 7 nitrogen and oxygen atoms in total. The molecule has 0 spiro atoms. The Morgan fingerprint density at radius 1 is 1.22 bits per heavy atom. The molecule has 23 heavy (non-hydrogen) atoms. The summed E-state index contributed by atoms with van der Waals surface area (Å²) in [5.74, 6) is -4.27. The van der Waals surface area contributed by atoms with Gasteiger partial charge in [0.25, 0.3) is 0 Å². The van der Waals surface area contributed by atoms with Gasteiger partial charge in [-0.3, -0.25) is 9.59 Å². The van der Waals surface area contributed by atoms with E-state index in [0.29, 0.717) is 5.69 Å². The van der Waals surface area contributed by atoms with Crippen molar-refractivity contribution in [2.75, 3.05) is 16.8 Å². The summed E-state index contributed by atoms with van der Waals surface area (Å²) >= 11 is 1.16. The molecule has 0 saturated carbocycles. The van der Waals surface area contributed by atoms with Gasteiger partial charge in [0.2, 0.25) is 5.91 Å². The van der Waals surface area contributed by atoms with Crippen LogP contribution in [0, 0.1) is 6.92 Å². The standard InChI is InChI=1S/C14H14N2O5S2/c1-9-2-4-10(5-3-9)11-6-22-14(15-11)16-12(17)7-23(20,21)8-13(18)19/h2-6H,7-8H2,1H3,(H,18,19)(H,15,16,17). The van der Waals surface area contributed by atoms with E-state index in [0.717, 1.165) is 22.5 Å². The predicted octanol–water partition coefficient (Wildman–Crippen LogP) is 1.56. The third kappa shape index (κ3) is 5.15. The molecule has 9 heteroatoms. The lowest BCUT2D eigenvalue weighted by atomic mass is 10.1. The fraction of sp³-hybridized carbons (Fsp3) is 0.214. The molecule has 0 atom stereocenters. The zero-order valence-electron chi connectivity index (χ0n) is 12.1. The number of rotatable bonds is 6. The van der Waals surface area contributed by atoms with Crippen LogP contribution in [0.1, 0.15) is 5.56 Å². The number of sulfone groups is 1. The number of amides is 1. The van der Waals surface area contributed by atoms with E-state index in [4.69, 9.17) is 5.11 Å². The van der Waals surface area contributed by atoms with Gasteiger partial charge in [-0.05, 0) is 6.92 Å². The van der Waals surface area contributed by atoms with Crippen molar-refractivity contribution in [2.24, 2.45) is 0 Å². The first-order valence-corrected chi connectivity index (χ1v) is 9.20. The smallest absolute Gasteiger partial charge is 0.318 e. The molecule has 0 unspecified atom stereocenters. The van der Waals surface area contributed by atoms with Crippen molar-refractivity contribution in [1.82, 2.24) is 4.98 Å². The van der Waals surface area contributed by atoms with E-state index in [2.05, 4.69) is 10.3 Å². The molecule has 0 aliphatic rings. The highest BCUT2D eigenvalue weighted by molar-refractivity contribution is 7.92. The van der Waals surface area contributed by atoms with Gasteiger partial charge in [0.05, 0.1) is 5.69 Å². The van der Waals surface area contributed by atoms with Gasteiger partial charge in [-0.25, -0.2) is 13.4 Å². The van der Waals surface area contributed by atoms with Crippen molar-refractivity contribution in [1.29, 1.82) is 0 Å². The Morgan fingerprint density at radius 3 is 2.48 bits per heavy atom. The van der Waals surface area contributed by atoms with Gasteiger partial charge in [-0.15, -0.1) is 11.3 Å². The van der Waals surface area contributed by atoms with Gasteiger partial charge in [0, 0.05) is 10.9 Å². The molecule has 1 aromatic carbocycles. The van der Waals surface area contributed by atoms with E-state index >= 15 is 0 Å². The summed E-state index contributed by atoms with van der Waals surface area (Å²) in [5, 5.41) is 12.9. The lowest BCUT2D eigenvalue weighted by molar-refractivity contribution is -0.134. The second kappa shape index (κ2) is 6.88. The fourth-order valence-corrected chi connectivity index (χ4v) is 3.47. The predicted molar refractivity (Wildman–Crippen MR) is 87.2 cm³/mol. The number of benzene rings is 1. The first kappa shape index (κ1) is 17.1. The number of nitrogens with one attached hydrogen (secondary N) is 1. The normalized spacial score (nSPS) is 11.2. The van der Waals surface area contributed by atoms with E-state index < -0.39 is 33.2 Å². The lowest BCUT2D eigenvalue weighted by Crippen LogP contribution is -2.27. The van der Waals surface area contributed by atoms with Crippen LogP contribution < -0.4 is 5.32 Å². The average Bonchev–Trinajstić information content (AvgIpc) is 2.85. The molecule has 122 valence electrons. The molecular weight excluding hydrogens is 340 g/mol. The maximum Gasteiger partial charge on any atom is 0.318 e. The minimum atomic E-state index is -3.99. The number of hydrogen-bond donors (Lipinski definition) is 2. The van der Waals surface area contributed by atoms with Gasteiger partial charge >= 0.3 is 5.97 Å². The van der Waals surface area contributed by atoms with E-state index in [1.165, 1.54) is 0 Å². The van der Waals surface area contributed by atoms with Crippen molar-refractivity contribution >= 4 is 38.2 Å². The second-order valence-electron chi connectivity index (χ2n) is 4.88. The summed E-state index contributed by atoms with van der Waals surface area (Å²) in [7, 11) is -3.99. The first-order chi connectivity index (χ1) is 10.7. The number of carbonyl (C=O) groups excluding carboxylic acids is 1. The quantitative estimate of drug-likeness (QED) is 0.814. The first-order valence-electron chi connectivity index (χ1n) is 6.50. The number of hydrogen-bond acceptors (Lipinski definition) is 6. The maximum absolute atomic E-state index is 11.7. The summed E-state index contributed by atoms with van der Waals surface area (Å²) in [6, 6.07) is 7.66. The minimum Gasteiger partial charge on any atom is -0.480 e. The highest BCUT2D eigenvalue weighted by Gasteiger charge is 2.21. The van der Waals surface area contributed by atoms with Crippen LogP contribution in [0.3, 0.4) is 0 Å². The van der Waals surface area contributed by atoms with Gasteiger partial charge in [0.15, 0.2) is 15.0 Å². The number of aryl methyl sites for hydroxylation is 1. The number of carbonyl (C=O) groups is 2. The highest BCUT2D eigenvalue weighted by atomic mass is 32.2. The summed E-state index contributed by atoms with van der Waals surface area (Å²) in [4.78, 5) is 26.3. The van der Waals surface area contributed by atoms with Crippen LogP contribution in [0.15, 0.2) is 29.6 Å². The van der Waals surface area contributed by atoms with Crippen molar-refractivity contribution in [2.45, 2.75) is 6.92 Å². The number of carboxylic acid groups (broad SMARTS) is 1. The molecule has 1 heterocycles. The molecule has 0 aliphatic heterocycles. The van der Waals surface area contributed by atoms with E-state index in [1.54, 1.807) is 5.38 Å². The van der Waals surface area contributed by atoms with Gasteiger partial charge in [0.1, 0.15) is 11.5 Å². The third-order valence-corrected chi connectivity index (χ3v) is 4.94. The summed E-state index contributed by atoms with van der Waals surface area (Å²) < 4.78 is 22.9. The van der Waals surface area contributed by atoms with Crippen molar-refractivity contribution in [3.63, 3.8) is 0 Å². The molecule has 0 fully saturated rings. The topological polar surface area (TPSA) is 113 Å². The van der Waals surface area contributed by atoms with E-state index in [9.17, 15) is 18.0 Å². The summed E-state index contributed by atoms with van der Waals surface area (Å²) in [6.45, 7) is 1.97. The van der Waals surface area contributed by atoms with Gasteiger partial charge < -0.3 is 10.4 Å². The number of anilines is 1. The largest absolute Gasteiger partial charge is 0.480 e. The fourth-order valence-electron chi connectivity index (χ4n) is 1.78. The molecule has 0 aliphatic carbocycles. The summed E-state index contributed by atoms with van der Waals surface area (Å²) in [5.41, 5.74) is 2.66. The molecular formula is C14H14N2O5S2. The zero-order chi connectivity index (χ0) is 17.0. The Hall–Kier alpha value is -2.26. The Bertz CT molecular complexity index is 825. The monoisotopic (exact) mass is 354 g/mol. The van der Waals surface area contributed by atoms with E-state index in [1.807, 2.05) is 31.2 Å². The Morgan fingerprint density at radius 2 is 1.87 bits per heavy atom. The van der Waals surface area contributed by atoms with Crippen LogP contribution in [0.5, 0.6) is 0 Å². The lowest BCUT2D eigenvalue weighted by Gasteiger charge is -2.02. The second-order valence-corrected chi connectivity index (χ2v) is 7.80. The average molecular weight is 354 g/mol. The van der Waals surface area contributed by atoms with Crippen molar-refractivity contribution in [3.8, 4) is 11.3 Å². The van der Waals surface area contributed by atoms with Crippen LogP contribution >= 0.6 is 11.3 Å². The SMILES string of the molecule is Cc1ccc(-c2csc(NC(=O)CS(=O)(=O)CC(=O)O)n2)cc1. The molecule has 1 aromatic heterocycles. The van der Waals surface area contributed by atoms with Crippen molar-refractivity contribution < 1.29 is 23.1 Å². The molecule has 2 rings (SSSR count). The van der Waals surface area contributed by atoms with Crippen LogP contribution in [0.25, 0.3) is 11.3 Å². The molecule has 2 aromatic rings. The number of aliphatic carboxylic acids is 1. The minimum absolute atomic E-state index is 0.260. The molecule has 0 bridgehead atoms. The maximum atomic E-state index is 11.7. The number of nitrogens with zero attached hydrogens (tertiary/aromatic N) is 1. The molecule has 0 radical (unpaired) electrons. The molecule has 2 N–H and O–H groups in total. The molecule has 0 saturated heterocycles. The zero-order valence-corrected chi connectivity index (χ0v) is 13.8. The highest BCUT2D eigenvalue weighted by Crippen LogP contribution is 2.25. The molecule has 1 amide bonds. The Kier molecular flexibility index (Phi) is 5.12. The van der Waals surface area contributed by atoms with Crippen LogP contribution in [-0.4, -0.2) is 41.9 Å². The summed E-state index contributed by atoms with van der Waals surface area (Å²) in [6.07, 6.45) is 0.